The van der Waals surface area contributed by atoms with Gasteiger partial charge < -0.3 is 14.8 Å². The lowest BCUT2D eigenvalue weighted by molar-refractivity contribution is 0.0932. The molecule has 1 amide bonds. The summed E-state index contributed by atoms with van der Waals surface area (Å²) in [5, 5.41) is 3.10. The summed E-state index contributed by atoms with van der Waals surface area (Å²) in [6, 6.07) is 5.50. The first kappa shape index (κ1) is 14.7. The lowest BCUT2D eigenvalue weighted by Gasteiger charge is -2.18. The predicted molar refractivity (Wildman–Crippen MR) is 78.4 cm³/mol. The van der Waals surface area contributed by atoms with Gasteiger partial charge in [0.2, 0.25) is 0 Å². The second-order valence-corrected chi connectivity index (χ2v) is 6.14. The Labute approximate surface area is 120 Å². The van der Waals surface area contributed by atoms with E-state index in [0.29, 0.717) is 22.5 Å². The minimum atomic E-state index is -0.0940. The minimum absolute atomic E-state index is 0.0940. The van der Waals surface area contributed by atoms with Crippen molar-refractivity contribution in [3.63, 3.8) is 0 Å². The van der Waals surface area contributed by atoms with Gasteiger partial charge in [-0.2, -0.15) is 0 Å². The summed E-state index contributed by atoms with van der Waals surface area (Å²) >= 11 is 0. The van der Waals surface area contributed by atoms with Gasteiger partial charge in [-0.3, -0.25) is 4.79 Å². The van der Waals surface area contributed by atoms with Crippen LogP contribution in [0.15, 0.2) is 18.2 Å². The lowest BCUT2D eigenvalue weighted by atomic mass is 9.92. The van der Waals surface area contributed by atoms with E-state index in [2.05, 4.69) is 19.2 Å². The molecule has 1 unspecified atom stereocenters. The molecule has 0 aliphatic heterocycles. The zero-order valence-corrected chi connectivity index (χ0v) is 12.7. The quantitative estimate of drug-likeness (QED) is 0.920. The fourth-order valence-corrected chi connectivity index (χ4v) is 2.81. The first-order chi connectivity index (χ1) is 9.45. The highest BCUT2D eigenvalue weighted by atomic mass is 16.5. The Kier molecular flexibility index (Phi) is 4.21. The highest BCUT2D eigenvalue weighted by Gasteiger charge is 2.32. The molecule has 4 nitrogen and oxygen atoms in total. The van der Waals surface area contributed by atoms with Crippen molar-refractivity contribution in [2.24, 2.45) is 5.41 Å². The number of nitrogens with one attached hydrogen (secondary N) is 1. The summed E-state index contributed by atoms with van der Waals surface area (Å²) in [6.07, 6.45) is 3.20. The van der Waals surface area contributed by atoms with Crippen molar-refractivity contribution in [1.29, 1.82) is 0 Å². The van der Waals surface area contributed by atoms with E-state index in [9.17, 15) is 4.79 Å². The average molecular weight is 277 g/mol. The van der Waals surface area contributed by atoms with Crippen LogP contribution in [0.25, 0.3) is 0 Å². The van der Waals surface area contributed by atoms with Crippen LogP contribution in [0.3, 0.4) is 0 Å². The van der Waals surface area contributed by atoms with E-state index in [0.717, 1.165) is 19.3 Å². The van der Waals surface area contributed by atoms with Crippen molar-refractivity contribution in [2.45, 2.75) is 39.2 Å². The molecule has 0 aromatic heterocycles. The Hall–Kier alpha value is -1.71. The van der Waals surface area contributed by atoms with Crippen LogP contribution in [0.5, 0.6) is 11.5 Å². The first-order valence-corrected chi connectivity index (χ1v) is 6.98. The molecule has 1 aliphatic rings. The largest absolute Gasteiger partial charge is 0.497 e. The minimum Gasteiger partial charge on any atom is -0.497 e. The third-order valence-corrected chi connectivity index (χ3v) is 3.96. The molecule has 1 aliphatic carbocycles. The fourth-order valence-electron chi connectivity index (χ4n) is 2.81. The van der Waals surface area contributed by atoms with E-state index in [-0.39, 0.29) is 11.9 Å². The summed E-state index contributed by atoms with van der Waals surface area (Å²) < 4.78 is 10.4. The van der Waals surface area contributed by atoms with Crippen molar-refractivity contribution in [3.8, 4) is 11.5 Å². The molecule has 0 heterocycles. The summed E-state index contributed by atoms with van der Waals surface area (Å²) in [4.78, 5) is 12.4. The Bertz CT molecular complexity index is 496. The van der Waals surface area contributed by atoms with Gasteiger partial charge in [0.05, 0.1) is 19.8 Å². The molecule has 0 spiro atoms. The van der Waals surface area contributed by atoms with E-state index in [1.807, 2.05) is 0 Å². The Balaban J connectivity index is 2.12. The van der Waals surface area contributed by atoms with Gasteiger partial charge in [-0.05, 0) is 42.9 Å². The maximum atomic E-state index is 12.4. The van der Waals surface area contributed by atoms with Crippen LogP contribution in [-0.2, 0) is 0 Å². The van der Waals surface area contributed by atoms with Crippen LogP contribution in [0.2, 0.25) is 0 Å². The van der Waals surface area contributed by atoms with E-state index in [4.69, 9.17) is 9.47 Å². The third-order valence-electron chi connectivity index (χ3n) is 3.96. The van der Waals surface area contributed by atoms with Gasteiger partial charge in [0.1, 0.15) is 11.5 Å². The van der Waals surface area contributed by atoms with Crippen molar-refractivity contribution >= 4 is 5.91 Å². The second-order valence-electron chi connectivity index (χ2n) is 6.14. The topological polar surface area (TPSA) is 47.6 Å². The van der Waals surface area contributed by atoms with Crippen molar-refractivity contribution in [2.75, 3.05) is 14.2 Å². The Morgan fingerprint density at radius 1 is 1.30 bits per heavy atom. The van der Waals surface area contributed by atoms with Crippen molar-refractivity contribution in [3.05, 3.63) is 23.8 Å². The summed E-state index contributed by atoms with van der Waals surface area (Å²) in [6.45, 7) is 4.48. The maximum Gasteiger partial charge on any atom is 0.255 e. The molecule has 1 aromatic carbocycles. The number of ether oxygens (including phenoxy) is 2. The molecular weight excluding hydrogens is 254 g/mol. The molecule has 1 N–H and O–H groups in total. The second kappa shape index (κ2) is 5.73. The summed E-state index contributed by atoms with van der Waals surface area (Å²) in [5.74, 6) is 1.13. The molecule has 1 saturated carbocycles. The van der Waals surface area contributed by atoms with Crippen LogP contribution in [0.1, 0.15) is 43.5 Å². The summed E-state index contributed by atoms with van der Waals surface area (Å²) in [7, 11) is 3.15. The lowest BCUT2D eigenvalue weighted by Crippen LogP contribution is -2.33. The molecule has 0 saturated heterocycles. The van der Waals surface area contributed by atoms with E-state index < -0.39 is 0 Å². The van der Waals surface area contributed by atoms with Crippen LogP contribution in [0, 0.1) is 5.41 Å². The number of hydrogen-bond donors (Lipinski definition) is 1. The number of methoxy groups -OCH3 is 2. The average Bonchev–Trinajstić information content (AvgIpc) is 2.77. The van der Waals surface area contributed by atoms with Gasteiger partial charge in [0, 0.05) is 6.04 Å². The number of carbonyl (C=O) groups is 1. The molecule has 110 valence electrons. The molecular formula is C16H23NO3. The van der Waals surface area contributed by atoms with Crippen LogP contribution in [0.4, 0.5) is 0 Å². The third kappa shape index (κ3) is 3.24. The number of benzene rings is 1. The number of amides is 1. The zero-order chi connectivity index (χ0) is 14.8. The highest BCUT2D eigenvalue weighted by molar-refractivity contribution is 5.97. The fraction of sp³-hybridized carbons (Fsp3) is 0.562. The van der Waals surface area contributed by atoms with Gasteiger partial charge in [-0.15, -0.1) is 0 Å². The number of carbonyl (C=O) groups excluding carboxylic acids is 1. The molecule has 4 heteroatoms. The van der Waals surface area contributed by atoms with E-state index in [1.165, 1.54) is 0 Å². The molecule has 1 fully saturated rings. The molecule has 0 radical (unpaired) electrons. The standard InChI is InChI=1S/C16H23NO3/c1-16(2)8-7-11(10-16)17-15(18)13-9-12(19-3)5-6-14(13)20-4/h5-6,9,11H,7-8,10H2,1-4H3,(H,17,18). The smallest absolute Gasteiger partial charge is 0.255 e. The van der Waals surface area contributed by atoms with Crippen molar-refractivity contribution in [1.82, 2.24) is 5.32 Å². The normalized spacial score (nSPS) is 20.5. The first-order valence-electron chi connectivity index (χ1n) is 6.98. The van der Waals surface area contributed by atoms with E-state index in [1.54, 1.807) is 32.4 Å². The highest BCUT2D eigenvalue weighted by Crippen LogP contribution is 2.37. The van der Waals surface area contributed by atoms with Crippen LogP contribution < -0.4 is 14.8 Å². The molecule has 1 atom stereocenters. The Morgan fingerprint density at radius 2 is 2.05 bits per heavy atom. The van der Waals surface area contributed by atoms with Crippen LogP contribution in [-0.4, -0.2) is 26.2 Å². The molecule has 0 bridgehead atoms. The van der Waals surface area contributed by atoms with Gasteiger partial charge in [-0.25, -0.2) is 0 Å². The maximum absolute atomic E-state index is 12.4. The predicted octanol–water partition coefficient (Wildman–Crippen LogP) is 3.01. The van der Waals surface area contributed by atoms with Gasteiger partial charge >= 0.3 is 0 Å². The number of rotatable bonds is 4. The van der Waals surface area contributed by atoms with Gasteiger partial charge in [-0.1, -0.05) is 13.8 Å². The van der Waals surface area contributed by atoms with E-state index >= 15 is 0 Å². The number of hydrogen-bond acceptors (Lipinski definition) is 3. The molecule has 1 aromatic rings. The summed E-state index contributed by atoms with van der Waals surface area (Å²) in [5.41, 5.74) is 0.840. The Morgan fingerprint density at radius 3 is 2.60 bits per heavy atom. The zero-order valence-electron chi connectivity index (χ0n) is 12.7. The molecule has 2 rings (SSSR count). The van der Waals surface area contributed by atoms with Crippen molar-refractivity contribution < 1.29 is 14.3 Å². The van der Waals surface area contributed by atoms with Gasteiger partial charge in [0.15, 0.2) is 0 Å². The molecule has 20 heavy (non-hydrogen) atoms. The SMILES string of the molecule is COc1ccc(OC)c(C(=O)NC2CCC(C)(C)C2)c1. The monoisotopic (exact) mass is 277 g/mol. The van der Waals surface area contributed by atoms with Gasteiger partial charge in [0.25, 0.3) is 5.91 Å². The van der Waals surface area contributed by atoms with Crippen LogP contribution >= 0.6 is 0 Å².